The predicted octanol–water partition coefficient (Wildman–Crippen LogP) is 5.14. The van der Waals surface area contributed by atoms with Crippen molar-refractivity contribution in [3.8, 4) is 0 Å². The summed E-state index contributed by atoms with van der Waals surface area (Å²) in [6.07, 6.45) is 10.9. The average Bonchev–Trinajstić information content (AvgIpc) is 3.21. The molecule has 5 aliphatic carbocycles. The molecule has 2 aromatic heterocycles. The smallest absolute Gasteiger partial charge is 0.191 e. The first kappa shape index (κ1) is 17.7. The van der Waals surface area contributed by atoms with Crippen LogP contribution in [0.5, 0.6) is 0 Å². The summed E-state index contributed by atoms with van der Waals surface area (Å²) in [7, 11) is 0. The maximum Gasteiger partial charge on any atom is 0.191 e. The molecule has 28 heavy (non-hydrogen) atoms. The number of hydrogen-bond donors (Lipinski definition) is 0. The number of hydrogen-bond acceptors (Lipinski definition) is 5. The lowest BCUT2D eigenvalue weighted by atomic mass is 9.48. The van der Waals surface area contributed by atoms with E-state index in [1.807, 2.05) is 0 Å². The van der Waals surface area contributed by atoms with Crippen LogP contribution in [0.4, 0.5) is 0 Å². The van der Waals surface area contributed by atoms with Crippen molar-refractivity contribution in [1.82, 2.24) is 14.8 Å². The Labute approximate surface area is 174 Å². The maximum absolute atomic E-state index is 13.4. The number of rotatable bonds is 7. The monoisotopic (exact) mass is 413 g/mol. The minimum Gasteiger partial charge on any atom is -0.303 e. The number of thiophene rings is 1. The zero-order chi connectivity index (χ0) is 18.7. The van der Waals surface area contributed by atoms with Crippen molar-refractivity contribution in [3.63, 3.8) is 0 Å². The van der Waals surface area contributed by atoms with Crippen LogP contribution in [0.2, 0.25) is 0 Å². The molecular weight excluding hydrogens is 386 g/mol. The van der Waals surface area contributed by atoms with E-state index in [9.17, 15) is 4.79 Å². The Kier molecular flexibility index (Phi) is 4.23. The number of nitrogens with zero attached hydrogens (tertiary/aromatic N) is 3. The molecule has 7 rings (SSSR count). The Bertz CT molecular complexity index is 848. The third-order valence-corrected chi connectivity index (χ3v) is 9.34. The summed E-state index contributed by atoms with van der Waals surface area (Å²) in [4.78, 5) is 14.7. The molecule has 0 aromatic carbocycles. The summed E-state index contributed by atoms with van der Waals surface area (Å²) >= 11 is 3.43. The minimum atomic E-state index is 0.00593. The van der Waals surface area contributed by atoms with Gasteiger partial charge in [0.2, 0.25) is 0 Å². The fraction of sp³-hybridized carbons (Fsp3) is 0.682. The van der Waals surface area contributed by atoms with Crippen LogP contribution >= 0.6 is 23.1 Å². The van der Waals surface area contributed by atoms with E-state index in [0.717, 1.165) is 35.2 Å². The first-order valence-electron chi connectivity index (χ1n) is 10.8. The molecule has 6 heteroatoms. The zero-order valence-electron chi connectivity index (χ0n) is 16.2. The highest BCUT2D eigenvalue weighted by Crippen LogP contribution is 2.60. The van der Waals surface area contributed by atoms with Gasteiger partial charge in [0.1, 0.15) is 11.6 Å². The number of aromatic nitrogens is 3. The molecule has 0 unspecified atom stereocenters. The number of carbonyl (C=O) groups excluding carboxylic acids is 1. The molecular formula is C22H27N3OS2. The van der Waals surface area contributed by atoms with Crippen molar-refractivity contribution < 1.29 is 4.79 Å². The summed E-state index contributed by atoms with van der Waals surface area (Å²) in [5, 5.41) is 12.1. The van der Waals surface area contributed by atoms with Gasteiger partial charge in [-0.05, 0) is 80.6 Å². The highest BCUT2D eigenvalue weighted by atomic mass is 32.2. The minimum absolute atomic E-state index is 0.00593. The molecule has 0 amide bonds. The molecule has 2 aromatic rings. The molecule has 0 spiro atoms. The highest BCUT2D eigenvalue weighted by molar-refractivity contribution is 7.99. The number of Topliss-reactive ketones (excluding diaryl/α,β-unsaturated/α-hetero) is 1. The van der Waals surface area contributed by atoms with E-state index < -0.39 is 0 Å². The lowest BCUT2D eigenvalue weighted by molar-refractivity contribution is -0.141. The third-order valence-electron chi connectivity index (χ3n) is 7.52. The lowest BCUT2D eigenvalue weighted by Gasteiger charge is -2.56. The molecule has 5 saturated carbocycles. The van der Waals surface area contributed by atoms with Crippen molar-refractivity contribution in [1.29, 1.82) is 0 Å². The van der Waals surface area contributed by atoms with Gasteiger partial charge in [-0.1, -0.05) is 17.8 Å². The fourth-order valence-corrected chi connectivity index (χ4v) is 8.29. The second-order valence-electron chi connectivity index (χ2n) is 9.67. The summed E-state index contributed by atoms with van der Waals surface area (Å²) in [6.45, 7) is 0. The van der Waals surface area contributed by atoms with Gasteiger partial charge in [-0.15, -0.1) is 21.5 Å². The SMILES string of the molecule is O=C(CSc1nnc(Cc2cccs2)n1C1CC1)C12CC3CC(CC(C3)C1)C2. The maximum atomic E-state index is 13.4. The van der Waals surface area contributed by atoms with Gasteiger partial charge >= 0.3 is 0 Å². The summed E-state index contributed by atoms with van der Waals surface area (Å²) in [5.41, 5.74) is 0.00593. The highest BCUT2D eigenvalue weighted by Gasteiger charge is 2.54. The summed E-state index contributed by atoms with van der Waals surface area (Å²) < 4.78 is 2.33. The Morgan fingerprint density at radius 1 is 1.14 bits per heavy atom. The van der Waals surface area contributed by atoms with E-state index in [2.05, 4.69) is 32.3 Å². The average molecular weight is 414 g/mol. The number of ketones is 1. The fourth-order valence-electron chi connectivity index (χ4n) is 6.53. The lowest BCUT2D eigenvalue weighted by Crippen LogP contribution is -2.50. The van der Waals surface area contributed by atoms with Gasteiger partial charge in [0.25, 0.3) is 0 Å². The zero-order valence-corrected chi connectivity index (χ0v) is 17.8. The van der Waals surface area contributed by atoms with Gasteiger partial charge in [-0.2, -0.15) is 0 Å². The van der Waals surface area contributed by atoms with Crippen LogP contribution in [0.25, 0.3) is 0 Å². The Balaban J connectivity index is 1.18. The number of thioether (sulfide) groups is 1. The van der Waals surface area contributed by atoms with Gasteiger partial charge < -0.3 is 4.57 Å². The van der Waals surface area contributed by atoms with Gasteiger partial charge in [-0.3, -0.25) is 4.79 Å². The second kappa shape index (κ2) is 6.69. The first-order valence-corrected chi connectivity index (χ1v) is 12.7. The van der Waals surface area contributed by atoms with E-state index in [-0.39, 0.29) is 5.41 Å². The number of carbonyl (C=O) groups is 1. The standard InChI is InChI=1S/C22H27N3OS2/c26-19(22-10-14-6-15(11-22)8-16(7-14)12-22)13-28-21-24-23-20(25(21)17-3-4-17)9-18-2-1-5-27-18/h1-2,5,14-17H,3-4,6-13H2. The van der Waals surface area contributed by atoms with E-state index in [1.54, 1.807) is 23.1 Å². The molecule has 0 atom stereocenters. The van der Waals surface area contributed by atoms with Gasteiger partial charge in [0.05, 0.1) is 5.75 Å². The van der Waals surface area contributed by atoms with E-state index in [0.29, 0.717) is 17.6 Å². The van der Waals surface area contributed by atoms with Crippen molar-refractivity contribution in [2.75, 3.05) is 5.75 Å². The molecule has 4 nitrogen and oxygen atoms in total. The van der Waals surface area contributed by atoms with Gasteiger partial charge in [0.15, 0.2) is 5.16 Å². The van der Waals surface area contributed by atoms with E-state index in [4.69, 9.17) is 0 Å². The Morgan fingerprint density at radius 2 is 1.86 bits per heavy atom. The largest absolute Gasteiger partial charge is 0.303 e. The molecule has 4 bridgehead atoms. The van der Waals surface area contributed by atoms with Crippen LogP contribution < -0.4 is 0 Å². The van der Waals surface area contributed by atoms with E-state index in [1.165, 1.54) is 56.2 Å². The molecule has 148 valence electrons. The third kappa shape index (κ3) is 3.07. The van der Waals surface area contributed by atoms with Crippen LogP contribution in [0.15, 0.2) is 22.7 Å². The summed E-state index contributed by atoms with van der Waals surface area (Å²) in [6, 6.07) is 4.81. The quantitative estimate of drug-likeness (QED) is 0.590. The molecule has 5 aliphatic rings. The molecule has 0 saturated heterocycles. The van der Waals surface area contributed by atoms with Crippen LogP contribution in [0, 0.1) is 23.2 Å². The first-order chi connectivity index (χ1) is 13.7. The topological polar surface area (TPSA) is 47.8 Å². The molecule has 2 heterocycles. The van der Waals surface area contributed by atoms with Crippen LogP contribution in [0.1, 0.15) is 68.1 Å². The Morgan fingerprint density at radius 3 is 2.46 bits per heavy atom. The van der Waals surface area contributed by atoms with Gasteiger partial charge in [0, 0.05) is 22.8 Å². The van der Waals surface area contributed by atoms with Crippen LogP contribution in [0.3, 0.4) is 0 Å². The summed E-state index contributed by atoms with van der Waals surface area (Å²) in [5.74, 6) is 4.63. The molecule has 0 radical (unpaired) electrons. The van der Waals surface area contributed by atoms with Crippen molar-refractivity contribution >= 4 is 28.9 Å². The van der Waals surface area contributed by atoms with Crippen molar-refractivity contribution in [2.45, 2.75) is 69.0 Å². The molecule has 0 aliphatic heterocycles. The van der Waals surface area contributed by atoms with Gasteiger partial charge in [-0.25, -0.2) is 0 Å². The van der Waals surface area contributed by atoms with Crippen LogP contribution in [-0.4, -0.2) is 26.3 Å². The van der Waals surface area contributed by atoms with Crippen LogP contribution in [-0.2, 0) is 11.2 Å². The molecule has 0 N–H and O–H groups in total. The predicted molar refractivity (Wildman–Crippen MR) is 112 cm³/mol. The van der Waals surface area contributed by atoms with Crippen molar-refractivity contribution in [2.24, 2.45) is 23.2 Å². The second-order valence-corrected chi connectivity index (χ2v) is 11.6. The normalized spacial score (nSPS) is 33.5. The van der Waals surface area contributed by atoms with Crippen molar-refractivity contribution in [3.05, 3.63) is 28.2 Å². The van der Waals surface area contributed by atoms with E-state index >= 15 is 0 Å². The molecule has 5 fully saturated rings. The Hall–Kier alpha value is -1.14.